The molecule has 0 aliphatic rings. The number of amides is 1. The van der Waals surface area contributed by atoms with E-state index in [9.17, 15) is 9.90 Å². The number of phenolic OH excluding ortho intramolecular Hbond substituents is 1. The third-order valence-corrected chi connectivity index (χ3v) is 2.91. The Kier molecular flexibility index (Phi) is 5.54. The number of carbonyl (C=O) groups is 1. The minimum Gasteiger partial charge on any atom is -0.508 e. The molecular weight excluding hydrogens is 298 g/mol. The maximum atomic E-state index is 10.4. The summed E-state index contributed by atoms with van der Waals surface area (Å²) in [5.74, 6) is 1.60. The number of anilines is 2. The molecule has 7 heteroatoms. The number of rotatable bonds is 7. The van der Waals surface area contributed by atoms with Crippen LogP contribution in [-0.4, -0.2) is 23.6 Å². The van der Waals surface area contributed by atoms with Crippen LogP contribution in [0.3, 0.4) is 0 Å². The van der Waals surface area contributed by atoms with E-state index < -0.39 is 0 Å². The maximum absolute atomic E-state index is 10.4. The number of benzene rings is 1. The molecule has 23 heavy (non-hydrogen) atoms. The minimum absolute atomic E-state index is 0.106. The van der Waals surface area contributed by atoms with Crippen LogP contribution in [0.15, 0.2) is 42.6 Å². The lowest BCUT2D eigenvalue weighted by atomic mass is 10.1. The molecule has 0 atom stereocenters. The van der Waals surface area contributed by atoms with Crippen LogP contribution in [0, 0.1) is 0 Å². The standard InChI is InChI=1S/C16H17N3O4/c1-3-15(13-6-4-11(21)8-14(13)19-22-2)23-12-5-7-16(17-9-12)18-10-20/h3-10,19,21H,1-2H3,(H,17,18,20)/b15-3+. The van der Waals surface area contributed by atoms with Gasteiger partial charge in [0.25, 0.3) is 0 Å². The molecule has 0 aliphatic carbocycles. The highest BCUT2D eigenvalue weighted by atomic mass is 16.6. The van der Waals surface area contributed by atoms with Gasteiger partial charge in [-0.05, 0) is 37.3 Å². The highest BCUT2D eigenvalue weighted by Crippen LogP contribution is 2.30. The lowest BCUT2D eigenvalue weighted by molar-refractivity contribution is -0.105. The zero-order chi connectivity index (χ0) is 16.7. The van der Waals surface area contributed by atoms with E-state index in [-0.39, 0.29) is 5.75 Å². The fraction of sp³-hybridized carbons (Fsp3) is 0.125. The zero-order valence-electron chi connectivity index (χ0n) is 12.7. The second kappa shape index (κ2) is 7.81. The van der Waals surface area contributed by atoms with Gasteiger partial charge in [-0.15, -0.1) is 0 Å². The van der Waals surface area contributed by atoms with E-state index >= 15 is 0 Å². The normalized spacial score (nSPS) is 11.0. The Morgan fingerprint density at radius 3 is 2.74 bits per heavy atom. The number of carbonyl (C=O) groups excluding carboxylic acids is 1. The molecule has 1 heterocycles. The quantitative estimate of drug-likeness (QED) is 0.413. The molecule has 1 amide bonds. The van der Waals surface area contributed by atoms with Crippen molar-refractivity contribution in [3.8, 4) is 11.5 Å². The van der Waals surface area contributed by atoms with Crippen LogP contribution in [0.5, 0.6) is 11.5 Å². The van der Waals surface area contributed by atoms with Crippen LogP contribution >= 0.6 is 0 Å². The number of aromatic nitrogens is 1. The van der Waals surface area contributed by atoms with Crippen molar-refractivity contribution >= 4 is 23.7 Å². The molecule has 0 saturated carbocycles. The van der Waals surface area contributed by atoms with Gasteiger partial charge in [-0.1, -0.05) is 0 Å². The predicted molar refractivity (Wildman–Crippen MR) is 86.9 cm³/mol. The number of pyridine rings is 1. The first-order valence-corrected chi connectivity index (χ1v) is 6.80. The van der Waals surface area contributed by atoms with Gasteiger partial charge in [0, 0.05) is 11.6 Å². The number of phenols is 1. The molecule has 0 spiro atoms. The number of allylic oxidation sites excluding steroid dienone is 1. The van der Waals surface area contributed by atoms with E-state index in [1.807, 2.05) is 6.92 Å². The summed E-state index contributed by atoms with van der Waals surface area (Å²) < 4.78 is 5.82. The lowest BCUT2D eigenvalue weighted by Crippen LogP contribution is -2.03. The Labute approximate surface area is 133 Å². The van der Waals surface area contributed by atoms with E-state index in [0.29, 0.717) is 35.0 Å². The molecule has 2 aromatic rings. The lowest BCUT2D eigenvalue weighted by Gasteiger charge is -2.15. The number of hydrogen-bond donors (Lipinski definition) is 3. The third-order valence-electron chi connectivity index (χ3n) is 2.91. The Morgan fingerprint density at radius 1 is 1.30 bits per heavy atom. The van der Waals surface area contributed by atoms with E-state index in [1.54, 1.807) is 30.3 Å². The van der Waals surface area contributed by atoms with Crippen LogP contribution < -0.4 is 15.5 Å². The summed E-state index contributed by atoms with van der Waals surface area (Å²) in [7, 11) is 1.48. The highest BCUT2D eigenvalue weighted by molar-refractivity contribution is 5.74. The number of hydrogen-bond acceptors (Lipinski definition) is 6. The number of nitrogens with one attached hydrogen (secondary N) is 2. The molecule has 1 aromatic heterocycles. The van der Waals surface area contributed by atoms with Crippen molar-refractivity contribution in [1.82, 2.24) is 4.98 Å². The summed E-state index contributed by atoms with van der Waals surface area (Å²) in [5, 5.41) is 12.0. The largest absolute Gasteiger partial charge is 0.508 e. The first-order valence-electron chi connectivity index (χ1n) is 6.80. The van der Waals surface area contributed by atoms with Gasteiger partial charge in [0.15, 0.2) is 0 Å². The van der Waals surface area contributed by atoms with E-state index in [4.69, 9.17) is 9.57 Å². The summed E-state index contributed by atoms with van der Waals surface area (Å²) in [6, 6.07) is 8.11. The highest BCUT2D eigenvalue weighted by Gasteiger charge is 2.11. The van der Waals surface area contributed by atoms with Gasteiger partial charge < -0.3 is 15.2 Å². The molecule has 2 rings (SSSR count). The van der Waals surface area contributed by atoms with Crippen molar-refractivity contribution in [2.24, 2.45) is 0 Å². The van der Waals surface area contributed by atoms with E-state index in [2.05, 4.69) is 15.8 Å². The summed E-state index contributed by atoms with van der Waals surface area (Å²) in [5.41, 5.74) is 3.97. The van der Waals surface area contributed by atoms with Crippen LogP contribution in [0.4, 0.5) is 11.5 Å². The summed E-state index contributed by atoms with van der Waals surface area (Å²) in [4.78, 5) is 19.3. The molecule has 1 aromatic carbocycles. The first kappa shape index (κ1) is 16.3. The fourth-order valence-electron chi connectivity index (χ4n) is 1.92. The zero-order valence-corrected chi connectivity index (χ0v) is 12.7. The van der Waals surface area contributed by atoms with Gasteiger partial charge in [0.1, 0.15) is 23.1 Å². The van der Waals surface area contributed by atoms with Gasteiger partial charge in [0.2, 0.25) is 6.41 Å². The van der Waals surface area contributed by atoms with E-state index in [1.165, 1.54) is 19.4 Å². The van der Waals surface area contributed by atoms with Crippen LogP contribution in [0.2, 0.25) is 0 Å². The van der Waals surface area contributed by atoms with Gasteiger partial charge in [-0.25, -0.2) is 4.98 Å². The molecule has 0 saturated heterocycles. The smallest absolute Gasteiger partial charge is 0.212 e. The van der Waals surface area contributed by atoms with Gasteiger partial charge >= 0.3 is 0 Å². The Hall–Kier alpha value is -3.06. The topological polar surface area (TPSA) is 92.7 Å². The minimum atomic E-state index is 0.106. The average Bonchev–Trinajstić information content (AvgIpc) is 2.55. The second-order valence-corrected chi connectivity index (χ2v) is 4.43. The van der Waals surface area contributed by atoms with Crippen molar-refractivity contribution in [3.63, 3.8) is 0 Å². The fourth-order valence-corrected chi connectivity index (χ4v) is 1.92. The van der Waals surface area contributed by atoms with Crippen molar-refractivity contribution in [2.75, 3.05) is 17.9 Å². The number of nitrogens with zero attached hydrogens (tertiary/aromatic N) is 1. The maximum Gasteiger partial charge on any atom is 0.212 e. The molecular formula is C16H17N3O4. The molecule has 3 N–H and O–H groups in total. The molecule has 120 valence electrons. The van der Waals surface area contributed by atoms with E-state index in [0.717, 1.165) is 0 Å². The molecule has 7 nitrogen and oxygen atoms in total. The van der Waals surface area contributed by atoms with Crippen molar-refractivity contribution in [3.05, 3.63) is 48.2 Å². The Bertz CT molecular complexity index is 699. The monoisotopic (exact) mass is 315 g/mol. The molecule has 0 bridgehead atoms. The average molecular weight is 315 g/mol. The van der Waals surface area contributed by atoms with Gasteiger partial charge in [-0.3, -0.25) is 15.1 Å². The Balaban J connectivity index is 2.25. The predicted octanol–water partition coefficient (Wildman–Crippen LogP) is 2.77. The Morgan fingerprint density at radius 2 is 2.13 bits per heavy atom. The third kappa shape index (κ3) is 4.21. The summed E-state index contributed by atoms with van der Waals surface area (Å²) in [6.45, 7) is 1.83. The van der Waals surface area contributed by atoms with Crippen molar-refractivity contribution in [2.45, 2.75) is 6.92 Å². The molecule has 0 radical (unpaired) electrons. The second-order valence-electron chi connectivity index (χ2n) is 4.43. The number of aromatic hydroxyl groups is 1. The van der Waals surface area contributed by atoms with Crippen LogP contribution in [0.1, 0.15) is 12.5 Å². The molecule has 0 unspecified atom stereocenters. The first-order chi connectivity index (χ1) is 11.2. The SMILES string of the molecule is C/C=C(/Oc1ccc(NC=O)nc1)c1ccc(O)cc1NOC. The molecule has 0 fully saturated rings. The number of ether oxygens (including phenoxy) is 1. The summed E-state index contributed by atoms with van der Waals surface area (Å²) in [6.07, 6.45) is 3.84. The summed E-state index contributed by atoms with van der Waals surface area (Å²) >= 11 is 0. The van der Waals surface area contributed by atoms with Gasteiger partial charge in [0.05, 0.1) is 19.0 Å². The van der Waals surface area contributed by atoms with Crippen molar-refractivity contribution < 1.29 is 19.5 Å². The van der Waals surface area contributed by atoms with Crippen molar-refractivity contribution in [1.29, 1.82) is 0 Å². The molecule has 0 aliphatic heterocycles. The van der Waals surface area contributed by atoms with Gasteiger partial charge in [-0.2, -0.15) is 0 Å². The van der Waals surface area contributed by atoms with Crippen LogP contribution in [0.25, 0.3) is 5.76 Å². The van der Waals surface area contributed by atoms with Crippen LogP contribution in [-0.2, 0) is 9.63 Å².